The summed E-state index contributed by atoms with van der Waals surface area (Å²) in [4.78, 5) is 21.4. The van der Waals surface area contributed by atoms with Crippen LogP contribution in [0.25, 0.3) is 16.2 Å². The molecule has 0 unspecified atom stereocenters. The lowest BCUT2D eigenvalue weighted by molar-refractivity contribution is 0.0988. The maximum Gasteiger partial charge on any atom is 0.270 e. The van der Waals surface area contributed by atoms with Gasteiger partial charge >= 0.3 is 0 Å². The Labute approximate surface area is 172 Å². The number of aryl methyl sites for hydroxylation is 3. The molecule has 0 radical (unpaired) electrons. The minimum atomic E-state index is -0.268. The molecule has 0 bridgehead atoms. The van der Waals surface area contributed by atoms with Crippen LogP contribution in [0.1, 0.15) is 32.9 Å². The molecule has 0 spiro atoms. The lowest BCUT2D eigenvalue weighted by Crippen LogP contribution is -2.35. The summed E-state index contributed by atoms with van der Waals surface area (Å²) < 4.78 is 15.1. The van der Waals surface area contributed by atoms with E-state index in [1.165, 1.54) is 34.6 Å². The second kappa shape index (κ2) is 6.81. The van der Waals surface area contributed by atoms with Gasteiger partial charge in [-0.25, -0.2) is 9.37 Å². The summed E-state index contributed by atoms with van der Waals surface area (Å²) in [6.07, 6.45) is 3.89. The Balaban J connectivity index is 1.51. The molecule has 0 fully saturated rings. The molecule has 1 aliphatic rings. The largest absolute Gasteiger partial charge is 0.307 e. The van der Waals surface area contributed by atoms with Crippen molar-refractivity contribution in [3.05, 3.63) is 76.2 Å². The van der Waals surface area contributed by atoms with Gasteiger partial charge in [0, 0.05) is 29.7 Å². The van der Waals surface area contributed by atoms with E-state index in [4.69, 9.17) is 0 Å². The van der Waals surface area contributed by atoms with E-state index in [0.29, 0.717) is 4.88 Å². The van der Waals surface area contributed by atoms with Gasteiger partial charge in [0.25, 0.3) is 5.91 Å². The Hall–Kier alpha value is -2.99. The van der Waals surface area contributed by atoms with E-state index in [-0.39, 0.29) is 11.7 Å². The number of rotatable bonds is 2. The second-order valence-electron chi connectivity index (χ2n) is 7.49. The minimum absolute atomic E-state index is 0.0335. The molecule has 6 heteroatoms. The predicted molar refractivity (Wildman–Crippen MR) is 114 cm³/mol. The first-order valence-corrected chi connectivity index (χ1v) is 10.5. The zero-order chi connectivity index (χ0) is 20.1. The number of carbonyl (C=O) groups is 1. The Morgan fingerprint density at radius 3 is 2.69 bits per heavy atom. The maximum atomic E-state index is 13.4. The number of hydrogen-bond donors (Lipinski definition) is 0. The predicted octanol–water partition coefficient (Wildman–Crippen LogP) is 5.41. The maximum absolute atomic E-state index is 13.4. The third-order valence-corrected chi connectivity index (χ3v) is 6.63. The summed E-state index contributed by atoms with van der Waals surface area (Å²) in [6.45, 7) is 4.76. The number of nitrogens with zero attached hydrogens (tertiary/aromatic N) is 3. The van der Waals surface area contributed by atoms with Crippen LogP contribution < -0.4 is 4.90 Å². The Bertz CT molecular complexity index is 1240. The number of carbonyl (C=O) groups excluding carboxylic acids is 1. The van der Waals surface area contributed by atoms with Crippen molar-refractivity contribution in [3.63, 3.8) is 0 Å². The molecule has 0 N–H and O–H groups in total. The summed E-state index contributed by atoms with van der Waals surface area (Å²) in [7, 11) is 0. The molecule has 0 aliphatic carbocycles. The van der Waals surface area contributed by atoms with E-state index in [9.17, 15) is 9.18 Å². The highest BCUT2D eigenvalue weighted by Crippen LogP contribution is 2.33. The Kier molecular flexibility index (Phi) is 4.24. The molecule has 4 aromatic rings. The van der Waals surface area contributed by atoms with Crippen molar-refractivity contribution < 1.29 is 9.18 Å². The number of halogens is 1. The van der Waals surface area contributed by atoms with Crippen molar-refractivity contribution >= 4 is 27.9 Å². The quantitative estimate of drug-likeness (QED) is 0.447. The van der Waals surface area contributed by atoms with Gasteiger partial charge in [0.1, 0.15) is 10.7 Å². The minimum Gasteiger partial charge on any atom is -0.307 e. The van der Waals surface area contributed by atoms with Crippen molar-refractivity contribution in [3.8, 4) is 11.3 Å². The molecule has 2 aromatic heterocycles. The first-order valence-electron chi connectivity index (χ1n) is 9.67. The molecular weight excluding hydrogens is 385 g/mol. The monoisotopic (exact) mass is 405 g/mol. The molecule has 1 aliphatic heterocycles. The molecule has 0 atom stereocenters. The van der Waals surface area contributed by atoms with Crippen LogP contribution in [0.5, 0.6) is 0 Å². The van der Waals surface area contributed by atoms with Crippen LogP contribution in [0.2, 0.25) is 0 Å². The fourth-order valence-electron chi connectivity index (χ4n) is 3.97. The second-order valence-corrected chi connectivity index (χ2v) is 8.47. The number of thiazole rings is 1. The standard InChI is InChI=1S/C23H20FN3OS/c1-14-5-10-20-17(12-14)4-3-11-26(20)22(28)21-15(2)27-13-19(25-23(27)29-21)16-6-8-18(24)9-7-16/h5-10,12-13H,3-4,11H2,1-2H3. The van der Waals surface area contributed by atoms with Crippen molar-refractivity contribution in [2.45, 2.75) is 26.7 Å². The van der Waals surface area contributed by atoms with Gasteiger partial charge < -0.3 is 4.90 Å². The van der Waals surface area contributed by atoms with Crippen LogP contribution in [-0.4, -0.2) is 21.8 Å². The molecule has 0 saturated heterocycles. The van der Waals surface area contributed by atoms with E-state index in [1.54, 1.807) is 12.1 Å². The average molecular weight is 405 g/mol. The smallest absolute Gasteiger partial charge is 0.270 e. The number of benzene rings is 2. The van der Waals surface area contributed by atoms with Gasteiger partial charge in [-0.1, -0.05) is 29.0 Å². The van der Waals surface area contributed by atoms with Crippen molar-refractivity contribution in [2.24, 2.45) is 0 Å². The van der Waals surface area contributed by atoms with Gasteiger partial charge in [0.05, 0.1) is 5.69 Å². The third kappa shape index (κ3) is 3.04. The molecule has 1 amide bonds. The Morgan fingerprint density at radius 2 is 1.93 bits per heavy atom. The summed E-state index contributed by atoms with van der Waals surface area (Å²) >= 11 is 1.41. The number of fused-ring (bicyclic) bond motifs is 2. The molecule has 4 nitrogen and oxygen atoms in total. The van der Waals surface area contributed by atoms with Crippen molar-refractivity contribution in [1.29, 1.82) is 0 Å². The van der Waals surface area contributed by atoms with Crippen molar-refractivity contribution in [2.75, 3.05) is 11.4 Å². The zero-order valence-corrected chi connectivity index (χ0v) is 17.1. The van der Waals surface area contributed by atoms with Crippen LogP contribution >= 0.6 is 11.3 Å². The van der Waals surface area contributed by atoms with Crippen LogP contribution in [0.15, 0.2) is 48.7 Å². The SMILES string of the molecule is Cc1ccc2c(c1)CCCN2C(=O)c1sc2nc(-c3ccc(F)cc3)cn2c1C. The van der Waals surface area contributed by atoms with Gasteiger partial charge in [-0.05, 0) is 62.6 Å². The highest BCUT2D eigenvalue weighted by Gasteiger charge is 2.27. The van der Waals surface area contributed by atoms with E-state index < -0.39 is 0 Å². The highest BCUT2D eigenvalue weighted by molar-refractivity contribution is 7.19. The number of anilines is 1. The van der Waals surface area contributed by atoms with Crippen molar-refractivity contribution in [1.82, 2.24) is 9.38 Å². The third-order valence-electron chi connectivity index (χ3n) is 5.49. The molecule has 146 valence electrons. The number of aromatic nitrogens is 2. The molecular formula is C23H20FN3OS. The number of hydrogen-bond acceptors (Lipinski definition) is 3. The summed E-state index contributed by atoms with van der Waals surface area (Å²) in [5.74, 6) is -0.234. The average Bonchev–Trinajstić information content (AvgIpc) is 3.27. The van der Waals surface area contributed by atoms with E-state index in [0.717, 1.165) is 47.0 Å². The van der Waals surface area contributed by atoms with Gasteiger partial charge in [0.2, 0.25) is 0 Å². The number of amides is 1. The summed E-state index contributed by atoms with van der Waals surface area (Å²) in [5.41, 5.74) is 5.99. The first kappa shape index (κ1) is 18.1. The van der Waals surface area contributed by atoms with E-state index in [2.05, 4.69) is 30.1 Å². The first-order chi connectivity index (χ1) is 14.0. The van der Waals surface area contributed by atoms with E-state index >= 15 is 0 Å². The normalized spacial score (nSPS) is 13.7. The molecule has 0 saturated carbocycles. The van der Waals surface area contributed by atoms with Gasteiger partial charge in [-0.2, -0.15) is 0 Å². The van der Waals surface area contributed by atoms with Crippen LogP contribution in [-0.2, 0) is 6.42 Å². The van der Waals surface area contributed by atoms with Gasteiger partial charge in [0.15, 0.2) is 4.96 Å². The Morgan fingerprint density at radius 1 is 1.14 bits per heavy atom. The van der Waals surface area contributed by atoms with Crippen LogP contribution in [0, 0.1) is 19.7 Å². The molecule has 3 heterocycles. The lowest BCUT2D eigenvalue weighted by Gasteiger charge is -2.29. The zero-order valence-electron chi connectivity index (χ0n) is 16.3. The van der Waals surface area contributed by atoms with E-state index in [1.807, 2.05) is 22.4 Å². The van der Waals surface area contributed by atoms with Crippen LogP contribution in [0.4, 0.5) is 10.1 Å². The van der Waals surface area contributed by atoms with Crippen LogP contribution in [0.3, 0.4) is 0 Å². The molecule has 2 aromatic carbocycles. The van der Waals surface area contributed by atoms with Gasteiger partial charge in [-0.15, -0.1) is 0 Å². The molecule has 5 rings (SSSR count). The number of imidazole rings is 1. The lowest BCUT2D eigenvalue weighted by atomic mass is 9.99. The fourth-order valence-corrected chi connectivity index (χ4v) is 5.03. The molecule has 29 heavy (non-hydrogen) atoms. The highest BCUT2D eigenvalue weighted by atomic mass is 32.1. The van der Waals surface area contributed by atoms with Gasteiger partial charge in [-0.3, -0.25) is 9.20 Å². The topological polar surface area (TPSA) is 37.6 Å². The summed E-state index contributed by atoms with van der Waals surface area (Å²) in [5, 5.41) is 0. The summed E-state index contributed by atoms with van der Waals surface area (Å²) in [6, 6.07) is 12.6. The fraction of sp³-hybridized carbons (Fsp3) is 0.217.